The minimum Gasteiger partial charge on any atom is -0.462 e. The molecule has 1 rings (SSSR count). The fraction of sp³-hybridized carbons (Fsp3) is 0.462. The number of esters is 1. The number of hydrogen-bond donors (Lipinski definition) is 2. The highest BCUT2D eigenvalue weighted by Crippen LogP contribution is 2.33. The average Bonchev–Trinajstić information content (AvgIpc) is 2.31. The van der Waals surface area contributed by atoms with Gasteiger partial charge in [0.1, 0.15) is 0 Å². The third kappa shape index (κ3) is 3.65. The van der Waals surface area contributed by atoms with E-state index in [1.807, 2.05) is 6.92 Å². The summed E-state index contributed by atoms with van der Waals surface area (Å²) >= 11 is 1.38. The number of carbonyl (C=O) groups is 1. The van der Waals surface area contributed by atoms with Crippen molar-refractivity contribution in [3.8, 4) is 0 Å². The molecule has 0 aromatic heterocycles. The van der Waals surface area contributed by atoms with E-state index in [2.05, 4.69) is 0 Å². The molecule has 0 aliphatic carbocycles. The maximum atomic E-state index is 11.8. The Hall–Kier alpha value is -1.20. The van der Waals surface area contributed by atoms with Gasteiger partial charge in [-0.1, -0.05) is 13.0 Å². The zero-order chi connectivity index (χ0) is 13.7. The van der Waals surface area contributed by atoms with Crippen molar-refractivity contribution in [2.45, 2.75) is 37.0 Å². The molecule has 3 N–H and O–H groups in total. The third-order valence-corrected chi connectivity index (χ3v) is 3.98. The summed E-state index contributed by atoms with van der Waals surface area (Å²) in [5.74, 6) is -0.384. The van der Waals surface area contributed by atoms with Gasteiger partial charge in [-0.25, -0.2) is 4.79 Å². The predicted octanol–water partition coefficient (Wildman–Crippen LogP) is 2.31. The van der Waals surface area contributed by atoms with Gasteiger partial charge in [-0.15, -0.1) is 11.8 Å². The zero-order valence-electron chi connectivity index (χ0n) is 10.8. The molecule has 0 spiro atoms. The van der Waals surface area contributed by atoms with Crippen LogP contribution in [-0.4, -0.2) is 29.0 Å². The number of rotatable bonds is 5. The Morgan fingerprint density at radius 1 is 1.50 bits per heavy atom. The molecule has 1 aromatic carbocycles. The normalized spacial score (nSPS) is 14.0. The number of ether oxygens (including phenoxy) is 1. The number of nitrogens with two attached hydrogens (primary N) is 1. The highest BCUT2D eigenvalue weighted by molar-refractivity contribution is 8.00. The van der Waals surface area contributed by atoms with E-state index < -0.39 is 6.10 Å². The van der Waals surface area contributed by atoms with Crippen LogP contribution in [0.15, 0.2) is 23.1 Å². The molecular weight excluding hydrogens is 250 g/mol. The lowest BCUT2D eigenvalue weighted by Crippen LogP contribution is -2.16. The summed E-state index contributed by atoms with van der Waals surface area (Å²) in [4.78, 5) is 12.5. The molecule has 0 saturated heterocycles. The van der Waals surface area contributed by atoms with Gasteiger partial charge in [0.15, 0.2) is 0 Å². The molecule has 0 amide bonds. The summed E-state index contributed by atoms with van der Waals surface area (Å²) in [5, 5.41) is 9.48. The van der Waals surface area contributed by atoms with E-state index in [0.29, 0.717) is 22.8 Å². The molecule has 1 aromatic rings. The summed E-state index contributed by atoms with van der Waals surface area (Å²) < 4.78 is 5.00. The van der Waals surface area contributed by atoms with E-state index >= 15 is 0 Å². The number of nitrogen functional groups attached to an aromatic ring is 1. The molecule has 0 fully saturated rings. The van der Waals surface area contributed by atoms with Crippen LogP contribution in [0.5, 0.6) is 0 Å². The SMILES string of the molecule is CCOC(=O)c1cccc(N)c1SC(C)C(C)O. The smallest absolute Gasteiger partial charge is 0.339 e. The number of thioether (sulfide) groups is 1. The molecule has 0 bridgehead atoms. The summed E-state index contributed by atoms with van der Waals surface area (Å²) in [6, 6.07) is 5.14. The van der Waals surface area contributed by atoms with Crippen LogP contribution in [-0.2, 0) is 4.74 Å². The monoisotopic (exact) mass is 269 g/mol. The Bertz CT molecular complexity index is 421. The van der Waals surface area contributed by atoms with Gasteiger partial charge < -0.3 is 15.6 Å². The number of aliphatic hydroxyl groups is 1. The first kappa shape index (κ1) is 14.9. The Labute approximate surface area is 112 Å². The fourth-order valence-corrected chi connectivity index (χ4v) is 2.39. The Morgan fingerprint density at radius 2 is 2.17 bits per heavy atom. The predicted molar refractivity (Wildman–Crippen MR) is 73.8 cm³/mol. The van der Waals surface area contributed by atoms with Crippen molar-refractivity contribution in [2.75, 3.05) is 12.3 Å². The molecule has 18 heavy (non-hydrogen) atoms. The van der Waals surface area contributed by atoms with Crippen molar-refractivity contribution in [3.63, 3.8) is 0 Å². The van der Waals surface area contributed by atoms with Crippen molar-refractivity contribution in [3.05, 3.63) is 23.8 Å². The van der Waals surface area contributed by atoms with E-state index in [1.165, 1.54) is 11.8 Å². The minimum atomic E-state index is -0.482. The van der Waals surface area contributed by atoms with Crippen molar-refractivity contribution in [2.24, 2.45) is 0 Å². The number of anilines is 1. The molecule has 0 aliphatic rings. The maximum Gasteiger partial charge on any atom is 0.339 e. The molecule has 100 valence electrons. The molecule has 2 atom stereocenters. The molecular formula is C13H19NO3S. The van der Waals surface area contributed by atoms with Gasteiger partial charge in [0, 0.05) is 15.8 Å². The Morgan fingerprint density at radius 3 is 2.72 bits per heavy atom. The van der Waals surface area contributed by atoms with E-state index in [9.17, 15) is 9.90 Å². The Kier molecular flexibility index (Phi) is 5.50. The zero-order valence-corrected chi connectivity index (χ0v) is 11.7. The van der Waals surface area contributed by atoms with E-state index in [4.69, 9.17) is 10.5 Å². The third-order valence-electron chi connectivity index (χ3n) is 2.52. The second kappa shape index (κ2) is 6.66. The van der Waals surface area contributed by atoms with E-state index in [-0.39, 0.29) is 11.2 Å². The van der Waals surface area contributed by atoms with Crippen molar-refractivity contribution in [1.82, 2.24) is 0 Å². The number of carbonyl (C=O) groups excluding carboxylic acids is 1. The van der Waals surface area contributed by atoms with Crippen molar-refractivity contribution in [1.29, 1.82) is 0 Å². The van der Waals surface area contributed by atoms with Gasteiger partial charge >= 0.3 is 5.97 Å². The highest BCUT2D eigenvalue weighted by atomic mass is 32.2. The maximum absolute atomic E-state index is 11.8. The Balaban J connectivity index is 3.04. The van der Waals surface area contributed by atoms with Crippen LogP contribution < -0.4 is 5.73 Å². The molecule has 0 radical (unpaired) electrons. The molecule has 0 aliphatic heterocycles. The first-order valence-corrected chi connectivity index (χ1v) is 6.75. The van der Waals surface area contributed by atoms with Gasteiger partial charge in [-0.2, -0.15) is 0 Å². The highest BCUT2D eigenvalue weighted by Gasteiger charge is 2.19. The number of aliphatic hydroxyl groups excluding tert-OH is 1. The van der Waals surface area contributed by atoms with Gasteiger partial charge in [-0.05, 0) is 26.0 Å². The lowest BCUT2D eigenvalue weighted by atomic mass is 10.2. The lowest BCUT2D eigenvalue weighted by molar-refractivity contribution is 0.0522. The van der Waals surface area contributed by atoms with Gasteiger partial charge in [0.2, 0.25) is 0 Å². The molecule has 0 saturated carbocycles. The molecule has 4 nitrogen and oxygen atoms in total. The van der Waals surface area contributed by atoms with Crippen LogP contribution in [0.3, 0.4) is 0 Å². The van der Waals surface area contributed by atoms with Crippen molar-refractivity contribution >= 4 is 23.4 Å². The van der Waals surface area contributed by atoms with Crippen LogP contribution in [0.2, 0.25) is 0 Å². The summed E-state index contributed by atoms with van der Waals surface area (Å²) in [6.07, 6.45) is -0.482. The van der Waals surface area contributed by atoms with Gasteiger partial charge in [-0.3, -0.25) is 0 Å². The summed E-state index contributed by atoms with van der Waals surface area (Å²) in [5.41, 5.74) is 6.87. The van der Waals surface area contributed by atoms with Gasteiger partial charge in [0.25, 0.3) is 0 Å². The number of hydrogen-bond acceptors (Lipinski definition) is 5. The summed E-state index contributed by atoms with van der Waals surface area (Å²) in [7, 11) is 0. The largest absolute Gasteiger partial charge is 0.462 e. The minimum absolute atomic E-state index is 0.0529. The molecule has 2 unspecified atom stereocenters. The van der Waals surface area contributed by atoms with Gasteiger partial charge in [0.05, 0.1) is 18.3 Å². The summed E-state index contributed by atoms with van der Waals surface area (Å²) in [6.45, 7) is 5.68. The standard InChI is InChI=1S/C13H19NO3S/c1-4-17-13(16)10-6-5-7-11(14)12(10)18-9(3)8(2)15/h5-9,15H,4,14H2,1-3H3. The number of benzene rings is 1. The van der Waals surface area contributed by atoms with Crippen LogP contribution in [0.25, 0.3) is 0 Å². The van der Waals surface area contributed by atoms with Crippen molar-refractivity contribution < 1.29 is 14.6 Å². The molecule has 5 heteroatoms. The first-order chi connectivity index (χ1) is 8.47. The fourth-order valence-electron chi connectivity index (χ4n) is 1.34. The topological polar surface area (TPSA) is 72.5 Å². The van der Waals surface area contributed by atoms with E-state index in [0.717, 1.165) is 0 Å². The second-order valence-corrected chi connectivity index (χ2v) is 5.40. The first-order valence-electron chi connectivity index (χ1n) is 5.87. The molecule has 0 heterocycles. The average molecular weight is 269 g/mol. The lowest BCUT2D eigenvalue weighted by Gasteiger charge is -2.17. The second-order valence-electron chi connectivity index (χ2n) is 4.01. The van der Waals surface area contributed by atoms with Crippen LogP contribution in [0.4, 0.5) is 5.69 Å². The van der Waals surface area contributed by atoms with E-state index in [1.54, 1.807) is 32.0 Å². The quantitative estimate of drug-likeness (QED) is 0.487. The van der Waals surface area contributed by atoms with Crippen LogP contribution >= 0.6 is 11.8 Å². The van der Waals surface area contributed by atoms with Crippen LogP contribution in [0, 0.1) is 0 Å². The van der Waals surface area contributed by atoms with Crippen LogP contribution in [0.1, 0.15) is 31.1 Å².